The van der Waals surface area contributed by atoms with Crippen molar-refractivity contribution in [2.45, 2.75) is 62.6 Å². The molecule has 4 aliphatic rings. The molecule has 0 aromatic carbocycles. The third kappa shape index (κ3) is 2.13. The minimum Gasteiger partial charge on any atom is -0.300 e. The normalized spacial score (nSPS) is 53.3. The van der Waals surface area contributed by atoms with Crippen LogP contribution in [0.5, 0.6) is 0 Å². The number of Topliss-reactive ketones (excluding diaryl/α,β-unsaturated/α-hetero) is 1. The first-order chi connectivity index (χ1) is 9.22. The molecule has 4 aliphatic carbocycles. The van der Waals surface area contributed by atoms with E-state index in [1.165, 1.54) is 44.9 Å². The highest BCUT2D eigenvalue weighted by Gasteiger charge is 2.50. The molecule has 0 bridgehead atoms. The van der Waals surface area contributed by atoms with Crippen LogP contribution < -0.4 is 0 Å². The van der Waals surface area contributed by atoms with E-state index in [2.05, 4.69) is 15.9 Å². The van der Waals surface area contributed by atoms with Crippen LogP contribution in [0.4, 0.5) is 0 Å². The van der Waals surface area contributed by atoms with Crippen LogP contribution in [0.3, 0.4) is 0 Å². The minimum absolute atomic E-state index is 0.551. The number of fused-ring (bicyclic) bond motifs is 5. The molecule has 2 heteroatoms. The first-order valence-electron chi connectivity index (χ1n) is 8.38. The fourth-order valence-electron chi connectivity index (χ4n) is 6.24. The van der Waals surface area contributed by atoms with E-state index in [9.17, 15) is 4.79 Å². The van der Waals surface area contributed by atoms with Crippen LogP contribution in [0.15, 0.2) is 0 Å². The zero-order chi connectivity index (χ0) is 13.0. The van der Waals surface area contributed by atoms with Crippen molar-refractivity contribution in [3.05, 3.63) is 0 Å². The number of halogens is 1. The Bertz CT molecular complexity index is 379. The lowest BCUT2D eigenvalue weighted by atomic mass is 9.54. The number of hydrogen-bond donors (Lipinski definition) is 0. The molecule has 0 aliphatic heterocycles. The lowest BCUT2D eigenvalue weighted by molar-refractivity contribution is -0.126. The summed E-state index contributed by atoms with van der Waals surface area (Å²) in [5.74, 6) is 6.25. The van der Waals surface area contributed by atoms with Gasteiger partial charge in [-0.05, 0) is 80.5 Å². The Morgan fingerprint density at radius 1 is 0.789 bits per heavy atom. The molecule has 4 rings (SSSR count). The highest BCUT2D eigenvalue weighted by Crippen LogP contribution is 2.58. The van der Waals surface area contributed by atoms with Crippen LogP contribution in [-0.4, -0.2) is 10.6 Å². The van der Waals surface area contributed by atoms with Crippen LogP contribution in [0.25, 0.3) is 0 Å². The molecule has 4 saturated carbocycles. The predicted octanol–water partition coefficient (Wildman–Crippen LogP) is 4.58. The molecule has 0 heterocycles. The van der Waals surface area contributed by atoms with Crippen LogP contribution in [0.2, 0.25) is 0 Å². The van der Waals surface area contributed by atoms with Gasteiger partial charge in [0, 0.05) is 17.7 Å². The van der Waals surface area contributed by atoms with Gasteiger partial charge in [-0.25, -0.2) is 0 Å². The maximum Gasteiger partial charge on any atom is 0.133 e. The quantitative estimate of drug-likeness (QED) is 0.596. The number of ketones is 1. The maximum atomic E-state index is 11.7. The molecule has 0 saturated heterocycles. The van der Waals surface area contributed by atoms with Crippen molar-refractivity contribution in [3.63, 3.8) is 0 Å². The van der Waals surface area contributed by atoms with Gasteiger partial charge in [0.25, 0.3) is 0 Å². The average molecular weight is 325 g/mol. The predicted molar refractivity (Wildman–Crippen MR) is 80.2 cm³/mol. The van der Waals surface area contributed by atoms with Gasteiger partial charge in [-0.1, -0.05) is 15.9 Å². The van der Waals surface area contributed by atoms with Crippen LogP contribution in [0, 0.1) is 35.5 Å². The second-order valence-electron chi connectivity index (χ2n) is 7.68. The third-order valence-corrected chi connectivity index (χ3v) is 7.68. The standard InChI is InChI=1S/C17H25BrO/c18-12-7-10-1-4-15-14-6-3-13(19)8-11(14)2-5-16(15)17(10)9-12/h10-12,14-17H,1-9H2/t10-,11?,12?,14+,15-,16-,17-/m1/s1. The van der Waals surface area contributed by atoms with Crippen molar-refractivity contribution in [2.75, 3.05) is 0 Å². The van der Waals surface area contributed by atoms with Crippen molar-refractivity contribution in [1.82, 2.24) is 0 Å². The summed E-state index contributed by atoms with van der Waals surface area (Å²) in [7, 11) is 0. The summed E-state index contributed by atoms with van der Waals surface area (Å²) in [6, 6.07) is 0. The average Bonchev–Trinajstić information content (AvgIpc) is 2.78. The van der Waals surface area contributed by atoms with Crippen molar-refractivity contribution in [3.8, 4) is 0 Å². The Labute approximate surface area is 125 Å². The van der Waals surface area contributed by atoms with Crippen LogP contribution in [-0.2, 0) is 4.79 Å². The summed E-state index contributed by atoms with van der Waals surface area (Å²) in [5.41, 5.74) is 0. The molecule has 1 nitrogen and oxygen atoms in total. The van der Waals surface area contributed by atoms with E-state index in [0.29, 0.717) is 5.78 Å². The molecule has 106 valence electrons. The number of carbonyl (C=O) groups is 1. The molecule has 0 radical (unpaired) electrons. The summed E-state index contributed by atoms with van der Waals surface area (Å²) in [6.45, 7) is 0. The van der Waals surface area contributed by atoms with Crippen molar-refractivity contribution in [2.24, 2.45) is 35.5 Å². The van der Waals surface area contributed by atoms with Crippen molar-refractivity contribution < 1.29 is 4.79 Å². The third-order valence-electron chi connectivity index (χ3n) is 6.94. The molecular formula is C17H25BrO. The van der Waals surface area contributed by atoms with Crippen LogP contribution in [0.1, 0.15) is 57.8 Å². The van der Waals surface area contributed by atoms with E-state index >= 15 is 0 Å². The van der Waals surface area contributed by atoms with Crippen molar-refractivity contribution in [1.29, 1.82) is 0 Å². The van der Waals surface area contributed by atoms with E-state index in [0.717, 1.165) is 53.2 Å². The Balaban J connectivity index is 1.54. The van der Waals surface area contributed by atoms with Gasteiger partial charge in [0.15, 0.2) is 0 Å². The largest absolute Gasteiger partial charge is 0.300 e. The van der Waals surface area contributed by atoms with Crippen molar-refractivity contribution >= 4 is 21.7 Å². The smallest absolute Gasteiger partial charge is 0.133 e. The highest BCUT2D eigenvalue weighted by molar-refractivity contribution is 9.09. The Kier molecular flexibility index (Phi) is 3.29. The van der Waals surface area contributed by atoms with Gasteiger partial charge < -0.3 is 0 Å². The van der Waals surface area contributed by atoms with Gasteiger partial charge in [0.2, 0.25) is 0 Å². The van der Waals surface area contributed by atoms with Gasteiger partial charge in [-0.2, -0.15) is 0 Å². The summed E-state index contributed by atoms with van der Waals surface area (Å²) < 4.78 is 0. The number of hydrogen-bond acceptors (Lipinski definition) is 1. The van der Waals surface area contributed by atoms with Gasteiger partial charge >= 0.3 is 0 Å². The maximum absolute atomic E-state index is 11.7. The van der Waals surface area contributed by atoms with E-state index in [1.54, 1.807) is 0 Å². The molecule has 0 N–H and O–H groups in total. The van der Waals surface area contributed by atoms with E-state index in [4.69, 9.17) is 0 Å². The summed E-state index contributed by atoms with van der Waals surface area (Å²) in [4.78, 5) is 12.5. The summed E-state index contributed by atoms with van der Waals surface area (Å²) in [6.07, 6.45) is 11.6. The van der Waals surface area contributed by atoms with Gasteiger partial charge in [-0.3, -0.25) is 4.79 Å². The SMILES string of the molecule is O=C1CC[C@H]2C(CC[C@H]3[C@@H]4CC(Br)C[C@H]4CC[C@@H]32)C1. The zero-order valence-corrected chi connectivity index (χ0v) is 13.3. The molecular weight excluding hydrogens is 300 g/mol. The molecule has 19 heavy (non-hydrogen) atoms. The highest BCUT2D eigenvalue weighted by atomic mass is 79.9. The minimum atomic E-state index is 0.551. The molecule has 7 atom stereocenters. The fourth-order valence-corrected chi connectivity index (χ4v) is 7.15. The molecule has 0 amide bonds. The van der Waals surface area contributed by atoms with E-state index in [1.807, 2.05) is 0 Å². The monoisotopic (exact) mass is 324 g/mol. The van der Waals surface area contributed by atoms with Gasteiger partial charge in [0.1, 0.15) is 5.78 Å². The summed E-state index contributed by atoms with van der Waals surface area (Å²) in [5, 5.41) is 0. The molecule has 0 spiro atoms. The number of alkyl halides is 1. The Morgan fingerprint density at radius 3 is 2.37 bits per heavy atom. The Hall–Kier alpha value is 0.150. The second-order valence-corrected chi connectivity index (χ2v) is 8.98. The van der Waals surface area contributed by atoms with Crippen LogP contribution >= 0.6 is 15.9 Å². The topological polar surface area (TPSA) is 17.1 Å². The fraction of sp³-hybridized carbons (Fsp3) is 0.941. The summed E-state index contributed by atoms with van der Waals surface area (Å²) >= 11 is 3.88. The second kappa shape index (κ2) is 4.86. The molecule has 0 aromatic heterocycles. The molecule has 4 fully saturated rings. The first kappa shape index (κ1) is 12.9. The van der Waals surface area contributed by atoms with Gasteiger partial charge in [-0.15, -0.1) is 0 Å². The van der Waals surface area contributed by atoms with E-state index < -0.39 is 0 Å². The number of rotatable bonds is 0. The molecule has 0 aromatic rings. The molecule has 2 unspecified atom stereocenters. The number of carbonyl (C=O) groups excluding carboxylic acids is 1. The first-order valence-corrected chi connectivity index (χ1v) is 9.29. The van der Waals surface area contributed by atoms with E-state index in [-0.39, 0.29) is 0 Å². The zero-order valence-electron chi connectivity index (χ0n) is 11.7. The Morgan fingerprint density at radius 2 is 1.53 bits per heavy atom. The lowest BCUT2D eigenvalue weighted by Crippen LogP contribution is -2.44. The lowest BCUT2D eigenvalue weighted by Gasteiger charge is -2.51. The van der Waals surface area contributed by atoms with Gasteiger partial charge in [0.05, 0.1) is 0 Å².